The maximum Gasteiger partial charge on any atom is 0.337 e. The average Bonchev–Trinajstić information content (AvgIpc) is 3.10. The number of nitrogens with one attached hydrogen (secondary N) is 1. The molecule has 146 valence electrons. The molecule has 2 heterocycles. The minimum atomic E-state index is -1.19. The third-order valence-corrected chi connectivity index (χ3v) is 4.94. The standard InChI is InChI=1S/C19H19N3O5S/c1-3-14-21-17-16(13(10-28-17)19(25)26)18(24)22(14)9-15(23)20-11-5-7-12(8-6-11)27-4-2/h5-8,10H,3-4,9H2,1-2H3,(H,20,23)(H,25,26). The molecule has 3 rings (SSSR count). The first-order valence-corrected chi connectivity index (χ1v) is 9.59. The highest BCUT2D eigenvalue weighted by Crippen LogP contribution is 2.22. The number of carboxylic acid groups (broad SMARTS) is 1. The van der Waals surface area contributed by atoms with Gasteiger partial charge in [0.25, 0.3) is 5.56 Å². The Balaban J connectivity index is 1.89. The molecule has 9 heteroatoms. The molecule has 0 radical (unpaired) electrons. The van der Waals surface area contributed by atoms with Crippen LogP contribution >= 0.6 is 11.3 Å². The average molecular weight is 401 g/mol. The molecular formula is C19H19N3O5S. The van der Waals surface area contributed by atoms with Crippen LogP contribution in [0, 0.1) is 0 Å². The fraction of sp³-hybridized carbons (Fsp3) is 0.263. The molecule has 0 aliphatic heterocycles. The van der Waals surface area contributed by atoms with Gasteiger partial charge in [0.1, 0.15) is 22.9 Å². The minimum absolute atomic E-state index is 0.0311. The summed E-state index contributed by atoms with van der Waals surface area (Å²) >= 11 is 1.10. The molecule has 0 bridgehead atoms. The molecule has 0 aliphatic carbocycles. The summed E-state index contributed by atoms with van der Waals surface area (Å²) in [5.41, 5.74) is -0.0569. The predicted octanol–water partition coefficient (Wildman–Crippen LogP) is 2.76. The van der Waals surface area contributed by atoms with E-state index in [0.717, 1.165) is 11.3 Å². The quantitative estimate of drug-likeness (QED) is 0.630. The van der Waals surface area contributed by atoms with Crippen LogP contribution in [0.1, 0.15) is 30.0 Å². The molecule has 2 aromatic heterocycles. The first-order chi connectivity index (χ1) is 13.4. The number of rotatable bonds is 7. The lowest BCUT2D eigenvalue weighted by Gasteiger charge is -2.12. The predicted molar refractivity (Wildman–Crippen MR) is 106 cm³/mol. The third-order valence-electron chi connectivity index (χ3n) is 4.07. The van der Waals surface area contributed by atoms with Crippen molar-refractivity contribution >= 4 is 39.1 Å². The van der Waals surface area contributed by atoms with Crippen LogP contribution in [0.5, 0.6) is 5.75 Å². The molecule has 2 N–H and O–H groups in total. The number of hydrogen-bond acceptors (Lipinski definition) is 6. The van der Waals surface area contributed by atoms with E-state index >= 15 is 0 Å². The number of amides is 1. The van der Waals surface area contributed by atoms with Gasteiger partial charge in [-0.3, -0.25) is 14.2 Å². The Labute approximate surface area is 164 Å². The largest absolute Gasteiger partial charge is 0.494 e. The topological polar surface area (TPSA) is 111 Å². The Morgan fingerprint density at radius 2 is 1.96 bits per heavy atom. The summed E-state index contributed by atoms with van der Waals surface area (Å²) in [5.74, 6) is -0.481. The van der Waals surface area contributed by atoms with Crippen LogP contribution in [-0.4, -0.2) is 33.1 Å². The van der Waals surface area contributed by atoms with E-state index < -0.39 is 17.4 Å². The molecule has 0 spiro atoms. The van der Waals surface area contributed by atoms with Crippen LogP contribution in [0.3, 0.4) is 0 Å². The summed E-state index contributed by atoms with van der Waals surface area (Å²) in [6, 6.07) is 6.88. The van der Waals surface area contributed by atoms with Crippen molar-refractivity contribution in [2.75, 3.05) is 11.9 Å². The van der Waals surface area contributed by atoms with Gasteiger partial charge < -0.3 is 15.2 Å². The summed E-state index contributed by atoms with van der Waals surface area (Å²) in [6.45, 7) is 3.99. The molecule has 1 aromatic carbocycles. The maximum absolute atomic E-state index is 12.9. The molecule has 0 unspecified atom stereocenters. The lowest BCUT2D eigenvalue weighted by atomic mass is 10.2. The number of hydrogen-bond donors (Lipinski definition) is 2. The lowest BCUT2D eigenvalue weighted by Crippen LogP contribution is -2.31. The number of carbonyl (C=O) groups excluding carboxylic acids is 1. The van der Waals surface area contributed by atoms with E-state index in [1.807, 2.05) is 13.8 Å². The monoisotopic (exact) mass is 401 g/mol. The number of carboxylic acids is 1. The molecule has 3 aromatic rings. The number of carbonyl (C=O) groups is 2. The van der Waals surface area contributed by atoms with Crippen LogP contribution in [0.4, 0.5) is 5.69 Å². The van der Waals surface area contributed by atoms with E-state index in [4.69, 9.17) is 4.74 Å². The first kappa shape index (κ1) is 19.6. The first-order valence-electron chi connectivity index (χ1n) is 8.71. The van der Waals surface area contributed by atoms with Crippen LogP contribution in [0.25, 0.3) is 10.2 Å². The second-order valence-electron chi connectivity index (χ2n) is 5.91. The maximum atomic E-state index is 12.9. The van der Waals surface area contributed by atoms with Crippen LogP contribution in [0.2, 0.25) is 0 Å². The van der Waals surface area contributed by atoms with E-state index in [9.17, 15) is 19.5 Å². The van der Waals surface area contributed by atoms with Crippen molar-refractivity contribution < 1.29 is 19.4 Å². The molecule has 8 nitrogen and oxygen atoms in total. The number of benzene rings is 1. The van der Waals surface area contributed by atoms with Gasteiger partial charge in [0, 0.05) is 17.5 Å². The summed E-state index contributed by atoms with van der Waals surface area (Å²) in [7, 11) is 0. The number of fused-ring (bicyclic) bond motifs is 1. The molecule has 1 amide bonds. The molecule has 0 aliphatic rings. The van der Waals surface area contributed by atoms with Gasteiger partial charge in [0.2, 0.25) is 5.91 Å². The summed E-state index contributed by atoms with van der Waals surface area (Å²) < 4.78 is 6.59. The van der Waals surface area contributed by atoms with Gasteiger partial charge in [0.15, 0.2) is 0 Å². The van der Waals surface area contributed by atoms with E-state index in [1.54, 1.807) is 24.3 Å². The van der Waals surface area contributed by atoms with Crippen molar-refractivity contribution in [1.29, 1.82) is 0 Å². The van der Waals surface area contributed by atoms with Gasteiger partial charge in [-0.15, -0.1) is 11.3 Å². The smallest absolute Gasteiger partial charge is 0.337 e. The second kappa shape index (κ2) is 8.22. The van der Waals surface area contributed by atoms with Gasteiger partial charge in [-0.1, -0.05) is 6.92 Å². The number of aromatic carboxylic acids is 1. The third kappa shape index (κ3) is 3.89. The zero-order valence-electron chi connectivity index (χ0n) is 15.4. The van der Waals surface area contributed by atoms with Crippen molar-refractivity contribution in [3.05, 3.63) is 51.4 Å². The molecule has 0 saturated heterocycles. The lowest BCUT2D eigenvalue weighted by molar-refractivity contribution is -0.116. The number of aromatic nitrogens is 2. The molecule has 0 saturated carbocycles. The number of nitrogens with zero attached hydrogens (tertiary/aromatic N) is 2. The van der Waals surface area contributed by atoms with E-state index in [2.05, 4.69) is 10.3 Å². The fourth-order valence-electron chi connectivity index (χ4n) is 2.80. The zero-order valence-corrected chi connectivity index (χ0v) is 16.2. The van der Waals surface area contributed by atoms with Crippen LogP contribution in [0.15, 0.2) is 34.4 Å². The van der Waals surface area contributed by atoms with Crippen molar-refractivity contribution in [3.63, 3.8) is 0 Å². The summed E-state index contributed by atoms with van der Waals surface area (Å²) in [5, 5.41) is 13.4. The SMILES string of the molecule is CCOc1ccc(NC(=O)Cn2c(CC)nc3scc(C(=O)O)c3c2=O)cc1. The van der Waals surface area contributed by atoms with Crippen LogP contribution < -0.4 is 15.6 Å². The minimum Gasteiger partial charge on any atom is -0.494 e. The number of thiophene rings is 1. The number of ether oxygens (including phenoxy) is 1. The van der Waals surface area contributed by atoms with Gasteiger partial charge in [-0.05, 0) is 31.2 Å². The van der Waals surface area contributed by atoms with E-state index in [0.29, 0.717) is 35.1 Å². The Morgan fingerprint density at radius 3 is 2.57 bits per heavy atom. The van der Waals surface area contributed by atoms with Gasteiger partial charge in [0.05, 0.1) is 17.6 Å². The van der Waals surface area contributed by atoms with Gasteiger partial charge in [-0.25, -0.2) is 9.78 Å². The van der Waals surface area contributed by atoms with E-state index in [1.165, 1.54) is 9.95 Å². The fourth-order valence-corrected chi connectivity index (χ4v) is 3.72. The Kier molecular flexibility index (Phi) is 5.74. The van der Waals surface area contributed by atoms with Gasteiger partial charge >= 0.3 is 5.97 Å². The Morgan fingerprint density at radius 1 is 1.25 bits per heavy atom. The molecule has 28 heavy (non-hydrogen) atoms. The molecule has 0 atom stereocenters. The molecule has 0 fully saturated rings. The van der Waals surface area contributed by atoms with Gasteiger partial charge in [-0.2, -0.15) is 0 Å². The van der Waals surface area contributed by atoms with Crippen molar-refractivity contribution in [1.82, 2.24) is 9.55 Å². The van der Waals surface area contributed by atoms with Crippen molar-refractivity contribution in [3.8, 4) is 5.75 Å². The number of anilines is 1. The zero-order chi connectivity index (χ0) is 20.3. The van der Waals surface area contributed by atoms with Crippen molar-refractivity contribution in [2.24, 2.45) is 0 Å². The number of aryl methyl sites for hydroxylation is 1. The summed E-state index contributed by atoms with van der Waals surface area (Å²) in [4.78, 5) is 41.4. The molecular weight excluding hydrogens is 382 g/mol. The Bertz CT molecular complexity index is 1090. The highest BCUT2D eigenvalue weighted by molar-refractivity contribution is 7.17. The highest BCUT2D eigenvalue weighted by atomic mass is 32.1. The normalized spacial score (nSPS) is 10.8. The van der Waals surface area contributed by atoms with E-state index in [-0.39, 0.29) is 17.5 Å². The van der Waals surface area contributed by atoms with Crippen molar-refractivity contribution in [2.45, 2.75) is 26.8 Å². The van der Waals surface area contributed by atoms with Crippen LogP contribution in [-0.2, 0) is 17.8 Å². The highest BCUT2D eigenvalue weighted by Gasteiger charge is 2.20. The summed E-state index contributed by atoms with van der Waals surface area (Å²) in [6.07, 6.45) is 0.432. The second-order valence-corrected chi connectivity index (χ2v) is 6.77. The Hall–Kier alpha value is -3.20.